The van der Waals surface area contributed by atoms with Gasteiger partial charge in [-0.15, -0.1) is 0 Å². The van der Waals surface area contributed by atoms with Gasteiger partial charge in [-0.1, -0.05) is 0 Å². The third kappa shape index (κ3) is 344. The van der Waals surface area contributed by atoms with Crippen LogP contribution in [0.1, 0.15) is 0 Å². The minimum atomic E-state index is -5.39. The molecule has 0 rings (SSSR count). The molecule has 0 N–H and O–H groups in total. The first-order valence-corrected chi connectivity index (χ1v) is 2.19. The van der Waals surface area contributed by atoms with E-state index in [0.29, 0.717) is 0 Å². The van der Waals surface area contributed by atoms with E-state index < -0.39 is 7.82 Å². The Hall–Kier alpha value is 0.819. The van der Waals surface area contributed by atoms with Gasteiger partial charge in [-0.3, -0.25) is 0 Å². The predicted molar refractivity (Wildman–Crippen MR) is 25.4 cm³/mol. The molecule has 8 heavy (non-hydrogen) atoms. The zero-order valence-electron chi connectivity index (χ0n) is 3.07. The second-order valence-electron chi connectivity index (χ2n) is 0.447. The van der Waals surface area contributed by atoms with Crippen molar-refractivity contribution >= 4 is 36.1 Å². The molecular weight excluding hydrogens is 166 g/mol. The number of hydrogen-bond acceptors (Lipinski definition) is 4. The van der Waals surface area contributed by atoms with Gasteiger partial charge in [0.15, 0.2) is 0 Å². The number of hydrogen-bond donors (Lipinski definition) is 0. The van der Waals surface area contributed by atoms with Crippen molar-refractivity contribution in [3.63, 3.8) is 0 Å². The molecule has 0 spiro atoms. The van der Waals surface area contributed by atoms with E-state index in [1.165, 1.54) is 0 Å². The molecule has 0 aromatic heterocycles. The monoisotopic (exact) mass is 170 g/mol. The van der Waals surface area contributed by atoms with Crippen molar-refractivity contribution in [1.82, 2.24) is 0 Å². The first-order valence-electron chi connectivity index (χ1n) is 0.730. The van der Waals surface area contributed by atoms with Gasteiger partial charge in [0.2, 0.25) is 0 Å². The van der Waals surface area contributed by atoms with Crippen LogP contribution in [0.15, 0.2) is 0 Å². The molecule has 0 aliphatic carbocycles. The van der Waals surface area contributed by atoms with Crippen LogP contribution >= 0.6 is 7.82 Å². The molecule has 0 unspecified atom stereocenters. The predicted octanol–water partition coefficient (Wildman–Crippen LogP) is -4.78. The smallest absolute Gasteiger partial charge is 0.822 e. The molecule has 0 amide bonds. The van der Waals surface area contributed by atoms with E-state index in [1.54, 1.807) is 0 Å². The van der Waals surface area contributed by atoms with Crippen molar-refractivity contribution in [2.24, 2.45) is 0 Å². The molecule has 0 heterocycles. The van der Waals surface area contributed by atoms with E-state index in [1.807, 2.05) is 0 Å². The zero-order valence-corrected chi connectivity index (χ0v) is 5.11. The van der Waals surface area contributed by atoms with Crippen molar-refractivity contribution in [1.29, 1.82) is 0 Å². The molecule has 0 fully saturated rings. The van der Waals surface area contributed by atoms with E-state index in [2.05, 4.69) is 0 Å². The average molecular weight is 170 g/mol. The van der Waals surface area contributed by atoms with Crippen LogP contribution in [0.2, 0.25) is 0 Å². The fourth-order valence-corrected chi connectivity index (χ4v) is 0. The maximum Gasteiger partial charge on any atom is 3.00 e. The topological polar surface area (TPSA) is 115 Å². The van der Waals surface area contributed by atoms with Crippen molar-refractivity contribution < 1.29 is 24.7 Å². The molecule has 0 aliphatic heterocycles. The van der Waals surface area contributed by atoms with Crippen molar-refractivity contribution in [3.05, 3.63) is 0 Å². The van der Waals surface area contributed by atoms with Crippen LogP contribution in [0, 0.1) is 0 Å². The van der Waals surface area contributed by atoms with Gasteiger partial charge in [-0.05, 0) is 11.0 Å². The molecule has 0 aromatic rings. The molecule has 8 heteroatoms. The van der Waals surface area contributed by atoms with Crippen molar-refractivity contribution in [2.75, 3.05) is 0 Å². The molecule has 0 aliphatic rings. The Kier molecular flexibility index (Phi) is 22.7. The molecule has 0 bridgehead atoms. The van der Waals surface area contributed by atoms with Crippen molar-refractivity contribution in [2.45, 2.75) is 0 Å². The van der Waals surface area contributed by atoms with Crippen LogP contribution in [0.4, 0.5) is 0 Å². The van der Waals surface area contributed by atoms with Crippen molar-refractivity contribution in [3.8, 4) is 0 Å². The Bertz CT molecular complexity index is 58.6. The Morgan fingerprint density at radius 2 is 1.12 bits per heavy atom. The molecular formula is H4AlO5PSi. The van der Waals surface area contributed by atoms with E-state index >= 15 is 0 Å². The Balaban J connectivity index is -0.0000000267. The minimum absolute atomic E-state index is 0. The van der Waals surface area contributed by atoms with Crippen LogP contribution in [0.3, 0.4) is 0 Å². The quantitative estimate of drug-likeness (QED) is 0.268. The average Bonchev–Trinajstić information content (AvgIpc) is 0.722. The second-order valence-corrected chi connectivity index (χ2v) is 1.34. The Labute approximate surface area is 61.4 Å². The summed E-state index contributed by atoms with van der Waals surface area (Å²) in [5.41, 5.74) is 0. The summed E-state index contributed by atoms with van der Waals surface area (Å²) in [6, 6.07) is 0. The fraction of sp³-hybridized carbons (Fsp3) is 0. The van der Waals surface area contributed by atoms with E-state index in [9.17, 15) is 0 Å². The van der Waals surface area contributed by atoms with Crippen LogP contribution in [0.5, 0.6) is 0 Å². The zero-order chi connectivity index (χ0) is 4.50. The molecule has 0 aromatic carbocycles. The molecule has 2 radical (unpaired) electrons. The number of rotatable bonds is 0. The van der Waals surface area contributed by atoms with Crippen LogP contribution in [0.25, 0.3) is 0 Å². The summed E-state index contributed by atoms with van der Waals surface area (Å²) >= 11 is 0. The summed E-state index contributed by atoms with van der Waals surface area (Å²) in [4.78, 5) is 25.6. The van der Waals surface area contributed by atoms with E-state index in [0.717, 1.165) is 0 Å². The SMILES string of the molecule is O=P([O-])([O-])[O-].[Al+3].[O].[SiH4]. The molecule has 5 nitrogen and oxygen atoms in total. The molecule has 0 saturated carbocycles. The summed E-state index contributed by atoms with van der Waals surface area (Å²) in [5.74, 6) is 0. The van der Waals surface area contributed by atoms with Gasteiger partial charge in [-0.2, -0.15) is 7.82 Å². The van der Waals surface area contributed by atoms with Gasteiger partial charge in [0, 0.05) is 5.48 Å². The largest absolute Gasteiger partial charge is 3.00 e. The van der Waals surface area contributed by atoms with Gasteiger partial charge in [0.05, 0.1) is 0 Å². The standard InChI is InChI=1S/Al.H3O4P.O.H4Si/c;1-5(2,3)4;;/h;(H3,1,2,3,4);;1H4/q+3;;;/p-3. The normalized spacial score (nSPS) is 7.38. The van der Waals surface area contributed by atoms with Gasteiger partial charge >= 0.3 is 17.4 Å². The third-order valence-electron chi connectivity index (χ3n) is 0. The first-order chi connectivity index (χ1) is 2.00. The fourth-order valence-electron chi connectivity index (χ4n) is 0. The minimum Gasteiger partial charge on any atom is -0.822 e. The van der Waals surface area contributed by atoms with Crippen LogP contribution < -0.4 is 14.7 Å². The maximum atomic E-state index is 8.55. The second kappa shape index (κ2) is 7.82. The Morgan fingerprint density at radius 1 is 1.12 bits per heavy atom. The summed E-state index contributed by atoms with van der Waals surface area (Å²) in [6.45, 7) is 0. The van der Waals surface area contributed by atoms with Gasteiger partial charge < -0.3 is 19.2 Å². The van der Waals surface area contributed by atoms with E-state index in [-0.39, 0.29) is 33.8 Å². The van der Waals surface area contributed by atoms with Gasteiger partial charge in [0.1, 0.15) is 0 Å². The summed E-state index contributed by atoms with van der Waals surface area (Å²) in [5, 5.41) is 0. The van der Waals surface area contributed by atoms with Gasteiger partial charge in [-0.25, -0.2) is 0 Å². The first kappa shape index (κ1) is 23.2. The summed E-state index contributed by atoms with van der Waals surface area (Å²) in [6.07, 6.45) is 0. The summed E-state index contributed by atoms with van der Waals surface area (Å²) in [7, 11) is -5.39. The van der Waals surface area contributed by atoms with Gasteiger partial charge in [0.25, 0.3) is 0 Å². The van der Waals surface area contributed by atoms with Crippen LogP contribution in [-0.2, 0) is 10.0 Å². The molecule has 46 valence electrons. The summed E-state index contributed by atoms with van der Waals surface area (Å²) < 4.78 is 8.55. The van der Waals surface area contributed by atoms with Crippen LogP contribution in [-0.4, -0.2) is 28.3 Å². The third-order valence-corrected chi connectivity index (χ3v) is 0. The number of phosphoric acid groups is 1. The molecule has 0 atom stereocenters. The maximum absolute atomic E-state index is 8.55. The molecule has 0 saturated heterocycles. The van der Waals surface area contributed by atoms with E-state index in [4.69, 9.17) is 19.2 Å². The Morgan fingerprint density at radius 3 is 1.12 bits per heavy atom.